The summed E-state index contributed by atoms with van der Waals surface area (Å²) in [7, 11) is 0. The molecule has 5 rings (SSSR count). The minimum absolute atomic E-state index is 0.0366. The topological polar surface area (TPSA) is 86.7 Å². The molecule has 1 aromatic carbocycles. The molecule has 0 N–H and O–H groups in total. The van der Waals surface area contributed by atoms with Crippen LogP contribution in [0.4, 0.5) is 0 Å². The molecule has 238 valence electrons. The molecule has 4 aliphatic rings. The van der Waals surface area contributed by atoms with Gasteiger partial charge in [0.05, 0.1) is 0 Å². The average Bonchev–Trinajstić information content (AvgIpc) is 3.23. The van der Waals surface area contributed by atoms with Crippen molar-refractivity contribution in [2.75, 3.05) is 0 Å². The van der Waals surface area contributed by atoms with Crippen LogP contribution in [0.15, 0.2) is 53.1 Å². The number of hydrogen-bond donors (Lipinski definition) is 0. The summed E-state index contributed by atoms with van der Waals surface area (Å²) in [4.78, 5) is 53.8. The van der Waals surface area contributed by atoms with Crippen LogP contribution < -0.4 is 0 Å². The molecule has 0 unspecified atom stereocenters. The zero-order chi connectivity index (χ0) is 32.0. The second kappa shape index (κ2) is 12.1. The molecule has 4 aliphatic carbocycles. The third-order valence-electron chi connectivity index (χ3n) is 12.3. The number of ether oxygens (including phenoxy) is 2. The average molecular weight is 603 g/mol. The number of esters is 2. The lowest BCUT2D eigenvalue weighted by molar-refractivity contribution is -0.191. The van der Waals surface area contributed by atoms with Gasteiger partial charge in [-0.2, -0.15) is 0 Å². The molecule has 8 atom stereocenters. The predicted molar refractivity (Wildman–Crippen MR) is 169 cm³/mol. The molecule has 1 aromatic rings. The van der Waals surface area contributed by atoms with Gasteiger partial charge in [0.2, 0.25) is 0 Å². The molecule has 4 fully saturated rings. The third-order valence-corrected chi connectivity index (χ3v) is 12.3. The quantitative estimate of drug-likeness (QED) is 0.180. The van der Waals surface area contributed by atoms with E-state index in [0.29, 0.717) is 43.5 Å². The summed E-state index contributed by atoms with van der Waals surface area (Å²) >= 11 is 0. The molecular formula is C38H50O6. The highest BCUT2D eigenvalue weighted by Gasteiger charge is 2.71. The number of rotatable bonds is 7. The largest absolute Gasteiger partial charge is 0.458 e. The van der Waals surface area contributed by atoms with Gasteiger partial charge in [-0.15, -0.1) is 0 Å². The maximum Gasteiger partial charge on any atom is 0.334 e. The first-order chi connectivity index (χ1) is 20.7. The molecule has 0 amide bonds. The molecule has 4 saturated carbocycles. The van der Waals surface area contributed by atoms with E-state index in [1.807, 2.05) is 44.2 Å². The molecule has 44 heavy (non-hydrogen) atoms. The number of carbonyl (C=O) groups is 4. The SMILES string of the molecule is CC(=O)O[C@H]1C[C@@]2(C)[C@@H](CC(=O)[C@H]3[C@@]4(C)CCC(=O)[C@@H](C)[C@@H]4CC[C@@]32C)/C1=C(\CCC=C(C)C)C(=O)OCc1ccccc1. The van der Waals surface area contributed by atoms with Crippen molar-refractivity contribution in [2.45, 2.75) is 113 Å². The van der Waals surface area contributed by atoms with Crippen molar-refractivity contribution >= 4 is 23.5 Å². The highest BCUT2D eigenvalue weighted by atomic mass is 16.5. The smallest absolute Gasteiger partial charge is 0.334 e. The summed E-state index contributed by atoms with van der Waals surface area (Å²) in [5, 5.41) is 0. The fourth-order valence-corrected chi connectivity index (χ4v) is 10.1. The van der Waals surface area contributed by atoms with Gasteiger partial charge >= 0.3 is 11.9 Å². The lowest BCUT2D eigenvalue weighted by atomic mass is 9.37. The number of benzene rings is 1. The Morgan fingerprint density at radius 1 is 0.977 bits per heavy atom. The Morgan fingerprint density at radius 2 is 1.68 bits per heavy atom. The Labute approximate surface area is 263 Å². The van der Waals surface area contributed by atoms with Gasteiger partial charge in [0, 0.05) is 37.2 Å². The van der Waals surface area contributed by atoms with Crippen LogP contribution >= 0.6 is 0 Å². The number of hydrogen-bond acceptors (Lipinski definition) is 6. The minimum Gasteiger partial charge on any atom is -0.458 e. The number of ketones is 2. The van der Waals surface area contributed by atoms with Crippen molar-refractivity contribution in [2.24, 2.45) is 39.9 Å². The first kappa shape index (κ1) is 32.4. The van der Waals surface area contributed by atoms with Crippen LogP contribution in [0.25, 0.3) is 0 Å². The molecule has 0 radical (unpaired) electrons. The maximum atomic E-state index is 14.5. The second-order valence-electron chi connectivity index (χ2n) is 15.0. The summed E-state index contributed by atoms with van der Waals surface area (Å²) in [5.74, 6) is -0.492. The van der Waals surface area contributed by atoms with Gasteiger partial charge in [0.15, 0.2) is 0 Å². The number of fused-ring (bicyclic) bond motifs is 5. The Balaban J connectivity index is 1.59. The van der Waals surface area contributed by atoms with Gasteiger partial charge < -0.3 is 9.47 Å². The van der Waals surface area contributed by atoms with Crippen LogP contribution in [0, 0.1) is 39.9 Å². The van der Waals surface area contributed by atoms with E-state index in [2.05, 4.69) is 33.8 Å². The van der Waals surface area contributed by atoms with Crippen LogP contribution in [0.1, 0.15) is 105 Å². The van der Waals surface area contributed by atoms with Gasteiger partial charge in [-0.05, 0) is 91.6 Å². The van der Waals surface area contributed by atoms with E-state index in [4.69, 9.17) is 9.47 Å². The summed E-state index contributed by atoms with van der Waals surface area (Å²) < 4.78 is 12.0. The van der Waals surface area contributed by atoms with Crippen LogP contribution in [-0.4, -0.2) is 29.6 Å². The second-order valence-corrected chi connectivity index (χ2v) is 15.0. The van der Waals surface area contributed by atoms with Crippen molar-refractivity contribution in [3.63, 3.8) is 0 Å². The van der Waals surface area contributed by atoms with Crippen LogP contribution in [0.5, 0.6) is 0 Å². The lowest BCUT2D eigenvalue weighted by Crippen LogP contribution is -2.64. The van der Waals surface area contributed by atoms with E-state index in [9.17, 15) is 19.2 Å². The predicted octanol–water partition coefficient (Wildman–Crippen LogP) is 7.74. The van der Waals surface area contributed by atoms with E-state index in [-0.39, 0.29) is 58.3 Å². The van der Waals surface area contributed by atoms with Gasteiger partial charge in [-0.3, -0.25) is 14.4 Å². The summed E-state index contributed by atoms with van der Waals surface area (Å²) in [5.41, 5.74) is 2.40. The van der Waals surface area contributed by atoms with Crippen LogP contribution in [0.2, 0.25) is 0 Å². The molecule has 6 nitrogen and oxygen atoms in total. The Kier molecular flexibility index (Phi) is 8.87. The van der Waals surface area contributed by atoms with E-state index in [1.165, 1.54) is 6.92 Å². The molecule has 0 bridgehead atoms. The molecule has 0 heterocycles. The Bertz CT molecular complexity index is 1380. The summed E-state index contributed by atoms with van der Waals surface area (Å²) in [6.45, 7) is 14.5. The van der Waals surface area contributed by atoms with Crippen molar-refractivity contribution < 1.29 is 28.7 Å². The highest BCUT2D eigenvalue weighted by Crippen LogP contribution is 2.73. The zero-order valence-corrected chi connectivity index (χ0v) is 27.7. The van der Waals surface area contributed by atoms with Crippen LogP contribution in [0.3, 0.4) is 0 Å². The van der Waals surface area contributed by atoms with Crippen molar-refractivity contribution in [3.05, 3.63) is 58.7 Å². The fraction of sp³-hybridized carbons (Fsp3) is 0.632. The third kappa shape index (κ3) is 5.41. The molecule has 0 spiro atoms. The normalized spacial score (nSPS) is 37.3. The zero-order valence-electron chi connectivity index (χ0n) is 27.7. The van der Waals surface area contributed by atoms with Crippen molar-refractivity contribution in [1.82, 2.24) is 0 Å². The summed E-state index contributed by atoms with van der Waals surface area (Å²) in [6.07, 6.45) is 6.50. The Hall–Kier alpha value is -3.02. The number of allylic oxidation sites excluding steroid dienone is 2. The fourth-order valence-electron chi connectivity index (χ4n) is 10.1. The maximum absolute atomic E-state index is 14.5. The van der Waals surface area contributed by atoms with E-state index >= 15 is 0 Å². The van der Waals surface area contributed by atoms with Crippen molar-refractivity contribution in [1.29, 1.82) is 0 Å². The number of Topliss-reactive ketones (excluding diaryl/α,β-unsaturated/α-hetero) is 2. The van der Waals surface area contributed by atoms with E-state index in [1.54, 1.807) is 0 Å². The first-order valence-electron chi connectivity index (χ1n) is 16.5. The van der Waals surface area contributed by atoms with Gasteiger partial charge in [0.25, 0.3) is 0 Å². The first-order valence-corrected chi connectivity index (χ1v) is 16.5. The standard InChI is InChI=1S/C38H50O6/c1-23(2)12-11-15-27(35(42)43-22-26-13-9-8-10-14-26)33-29-20-31(41)34-36(5)18-17-30(40)24(3)28(36)16-19-37(34,6)38(29,7)21-32(33)44-25(4)39/h8-10,12-14,24,28-29,32,34H,11,15-22H2,1-7H3/b33-27-/t24-,28-,29-,32-,34-,36-,37-,38-/m0/s1. The Morgan fingerprint density at radius 3 is 2.34 bits per heavy atom. The summed E-state index contributed by atoms with van der Waals surface area (Å²) in [6, 6.07) is 9.61. The van der Waals surface area contributed by atoms with E-state index in [0.717, 1.165) is 36.0 Å². The molecule has 0 aliphatic heterocycles. The van der Waals surface area contributed by atoms with Crippen molar-refractivity contribution in [3.8, 4) is 0 Å². The molecule has 0 saturated heterocycles. The van der Waals surface area contributed by atoms with Gasteiger partial charge in [0.1, 0.15) is 24.3 Å². The van der Waals surface area contributed by atoms with Gasteiger partial charge in [-0.25, -0.2) is 4.79 Å². The number of carbonyl (C=O) groups excluding carboxylic acids is 4. The minimum atomic E-state index is -0.589. The van der Waals surface area contributed by atoms with Gasteiger partial charge in [-0.1, -0.05) is 69.7 Å². The molecular weight excluding hydrogens is 552 g/mol. The highest BCUT2D eigenvalue weighted by molar-refractivity contribution is 5.91. The molecule has 0 aromatic heterocycles. The van der Waals surface area contributed by atoms with Crippen LogP contribution in [-0.2, 0) is 35.3 Å². The monoisotopic (exact) mass is 602 g/mol. The van der Waals surface area contributed by atoms with E-state index < -0.39 is 12.1 Å². The lowest BCUT2D eigenvalue weighted by Gasteiger charge is -2.66. The molecule has 6 heteroatoms.